The lowest BCUT2D eigenvalue weighted by Gasteiger charge is -2.16. The van der Waals surface area contributed by atoms with Crippen LogP contribution in [0.15, 0.2) is 24.8 Å². The van der Waals surface area contributed by atoms with E-state index in [0.29, 0.717) is 0 Å². The number of carbonyl (C=O) groups excluding carboxylic acids is 1. The molecule has 0 aromatic carbocycles. The second-order valence-electron chi connectivity index (χ2n) is 2.85. The molecule has 0 saturated carbocycles. The molecule has 0 aliphatic carbocycles. The summed E-state index contributed by atoms with van der Waals surface area (Å²) >= 11 is 0. The van der Waals surface area contributed by atoms with E-state index >= 15 is 0 Å². The van der Waals surface area contributed by atoms with Gasteiger partial charge in [-0.05, 0) is 19.0 Å². The molecular formula is C10H18N2O. The van der Waals surface area contributed by atoms with Gasteiger partial charge in [0.25, 0.3) is 0 Å². The molecule has 13 heavy (non-hydrogen) atoms. The summed E-state index contributed by atoms with van der Waals surface area (Å²) in [7, 11) is 0. The highest BCUT2D eigenvalue weighted by atomic mass is 16.1. The minimum Gasteiger partial charge on any atom is -0.366 e. The number of nitrogens with two attached hydrogens (primary N) is 1. The minimum atomic E-state index is -0.393. The van der Waals surface area contributed by atoms with Crippen LogP contribution in [0.3, 0.4) is 0 Å². The molecule has 1 amide bonds. The second kappa shape index (κ2) is 7.55. The Bertz CT molecular complexity index is 187. The summed E-state index contributed by atoms with van der Waals surface area (Å²) in [4.78, 5) is 12.6. The molecule has 0 aromatic heterocycles. The molecule has 3 heteroatoms. The van der Waals surface area contributed by atoms with Crippen molar-refractivity contribution in [3.8, 4) is 0 Å². The first-order valence-electron chi connectivity index (χ1n) is 4.50. The van der Waals surface area contributed by atoms with Crippen LogP contribution in [0, 0.1) is 0 Å². The molecule has 0 aliphatic heterocycles. The van der Waals surface area contributed by atoms with Gasteiger partial charge in [-0.3, -0.25) is 9.69 Å². The molecule has 0 aliphatic rings. The Hall–Kier alpha value is -1.09. The molecule has 0 radical (unpaired) electrons. The highest BCUT2D eigenvalue weighted by Crippen LogP contribution is 1.91. The average Bonchev–Trinajstić information content (AvgIpc) is 2.04. The highest BCUT2D eigenvalue weighted by Gasteiger charge is 1.97. The second-order valence-corrected chi connectivity index (χ2v) is 2.85. The fraction of sp³-hybridized carbons (Fsp3) is 0.500. The van der Waals surface area contributed by atoms with E-state index in [4.69, 9.17) is 5.73 Å². The fourth-order valence-electron chi connectivity index (χ4n) is 1.07. The lowest BCUT2D eigenvalue weighted by atomic mass is 10.3. The summed E-state index contributed by atoms with van der Waals surface area (Å²) < 4.78 is 0. The van der Waals surface area contributed by atoms with E-state index in [9.17, 15) is 4.79 Å². The van der Waals surface area contributed by atoms with E-state index in [1.165, 1.54) is 6.08 Å². The van der Waals surface area contributed by atoms with Crippen LogP contribution >= 0.6 is 0 Å². The Labute approximate surface area is 79.9 Å². The van der Waals surface area contributed by atoms with Crippen LogP contribution in [0.25, 0.3) is 0 Å². The average molecular weight is 182 g/mol. The van der Waals surface area contributed by atoms with E-state index in [1.807, 2.05) is 6.08 Å². The Morgan fingerprint density at radius 2 is 2.23 bits per heavy atom. The van der Waals surface area contributed by atoms with Gasteiger partial charge in [-0.25, -0.2) is 0 Å². The Balaban J connectivity index is 3.79. The summed E-state index contributed by atoms with van der Waals surface area (Å²) in [5.41, 5.74) is 4.96. The van der Waals surface area contributed by atoms with E-state index in [-0.39, 0.29) is 0 Å². The predicted molar refractivity (Wildman–Crippen MR) is 55.3 cm³/mol. The SMILES string of the molecule is C=CCN(C/C=C/C(N)=O)CCC. The van der Waals surface area contributed by atoms with Gasteiger partial charge in [0.15, 0.2) is 0 Å². The fourth-order valence-corrected chi connectivity index (χ4v) is 1.07. The Morgan fingerprint density at radius 1 is 1.54 bits per heavy atom. The molecule has 0 atom stereocenters. The van der Waals surface area contributed by atoms with Crippen LogP contribution in [-0.2, 0) is 4.79 Å². The molecule has 0 rings (SSSR count). The van der Waals surface area contributed by atoms with Gasteiger partial charge in [0.2, 0.25) is 5.91 Å². The van der Waals surface area contributed by atoms with E-state index in [0.717, 1.165) is 26.1 Å². The summed E-state index contributed by atoms with van der Waals surface area (Å²) in [6.07, 6.45) is 6.12. The standard InChI is InChI=1S/C10H18N2O/c1-3-7-12(8-4-2)9-5-6-10(11)13/h3,5-6H,1,4,7-9H2,2H3,(H2,11,13)/b6-5+. The molecule has 0 aromatic rings. The van der Waals surface area contributed by atoms with E-state index in [1.54, 1.807) is 6.08 Å². The zero-order valence-corrected chi connectivity index (χ0v) is 8.20. The Kier molecular flexibility index (Phi) is 6.92. The molecular weight excluding hydrogens is 164 g/mol. The van der Waals surface area contributed by atoms with Crippen molar-refractivity contribution in [3.05, 3.63) is 24.8 Å². The largest absolute Gasteiger partial charge is 0.366 e. The third-order valence-corrected chi connectivity index (χ3v) is 1.57. The van der Waals surface area contributed by atoms with Gasteiger partial charge in [-0.1, -0.05) is 19.1 Å². The zero-order chi connectivity index (χ0) is 10.1. The van der Waals surface area contributed by atoms with E-state index < -0.39 is 5.91 Å². The van der Waals surface area contributed by atoms with Crippen molar-refractivity contribution < 1.29 is 4.79 Å². The summed E-state index contributed by atoms with van der Waals surface area (Å²) in [6, 6.07) is 0. The van der Waals surface area contributed by atoms with Gasteiger partial charge in [-0.15, -0.1) is 6.58 Å². The first-order valence-corrected chi connectivity index (χ1v) is 4.50. The maximum Gasteiger partial charge on any atom is 0.241 e. The first kappa shape index (κ1) is 11.9. The van der Waals surface area contributed by atoms with Crippen molar-refractivity contribution in [3.63, 3.8) is 0 Å². The maximum atomic E-state index is 10.4. The molecule has 0 unspecified atom stereocenters. The molecule has 0 fully saturated rings. The minimum absolute atomic E-state index is 0.393. The number of primary amides is 1. The number of hydrogen-bond donors (Lipinski definition) is 1. The van der Waals surface area contributed by atoms with Crippen LogP contribution in [0.5, 0.6) is 0 Å². The van der Waals surface area contributed by atoms with Gasteiger partial charge in [0, 0.05) is 13.1 Å². The quantitative estimate of drug-likeness (QED) is 0.470. The van der Waals surface area contributed by atoms with Crippen LogP contribution < -0.4 is 5.73 Å². The smallest absolute Gasteiger partial charge is 0.241 e. The third kappa shape index (κ3) is 7.28. The van der Waals surface area contributed by atoms with Gasteiger partial charge in [-0.2, -0.15) is 0 Å². The first-order chi connectivity index (χ1) is 6.20. The molecule has 0 bridgehead atoms. The van der Waals surface area contributed by atoms with Crippen LogP contribution in [0.2, 0.25) is 0 Å². The topological polar surface area (TPSA) is 46.3 Å². The van der Waals surface area contributed by atoms with Gasteiger partial charge >= 0.3 is 0 Å². The van der Waals surface area contributed by atoms with E-state index in [2.05, 4.69) is 18.4 Å². The van der Waals surface area contributed by atoms with Gasteiger partial charge in [0.1, 0.15) is 0 Å². The van der Waals surface area contributed by atoms with Crippen molar-refractivity contribution in [1.29, 1.82) is 0 Å². The Morgan fingerprint density at radius 3 is 2.69 bits per heavy atom. The number of nitrogens with zero attached hydrogens (tertiary/aromatic N) is 1. The number of amides is 1. The molecule has 0 saturated heterocycles. The van der Waals surface area contributed by atoms with Crippen molar-refractivity contribution in [2.24, 2.45) is 5.73 Å². The highest BCUT2D eigenvalue weighted by molar-refractivity contribution is 5.85. The van der Waals surface area contributed by atoms with Gasteiger partial charge in [0.05, 0.1) is 0 Å². The molecule has 2 N–H and O–H groups in total. The number of rotatable bonds is 7. The number of carbonyl (C=O) groups is 1. The normalized spacial score (nSPS) is 10.9. The van der Waals surface area contributed by atoms with Crippen molar-refractivity contribution in [2.75, 3.05) is 19.6 Å². The lowest BCUT2D eigenvalue weighted by molar-refractivity contribution is -0.113. The molecule has 74 valence electrons. The van der Waals surface area contributed by atoms with Crippen LogP contribution in [0.4, 0.5) is 0 Å². The lowest BCUT2D eigenvalue weighted by Crippen LogP contribution is -2.25. The zero-order valence-electron chi connectivity index (χ0n) is 8.20. The maximum absolute atomic E-state index is 10.4. The molecule has 3 nitrogen and oxygen atoms in total. The third-order valence-electron chi connectivity index (χ3n) is 1.57. The van der Waals surface area contributed by atoms with Crippen molar-refractivity contribution in [1.82, 2.24) is 4.90 Å². The summed E-state index contributed by atoms with van der Waals surface area (Å²) in [5.74, 6) is -0.393. The predicted octanol–water partition coefficient (Wildman–Crippen LogP) is 0.926. The van der Waals surface area contributed by atoms with Crippen LogP contribution in [0.1, 0.15) is 13.3 Å². The molecule has 0 heterocycles. The van der Waals surface area contributed by atoms with Crippen molar-refractivity contribution >= 4 is 5.91 Å². The van der Waals surface area contributed by atoms with Gasteiger partial charge < -0.3 is 5.73 Å². The molecule has 0 spiro atoms. The van der Waals surface area contributed by atoms with Crippen LogP contribution in [-0.4, -0.2) is 30.4 Å². The van der Waals surface area contributed by atoms with Crippen molar-refractivity contribution in [2.45, 2.75) is 13.3 Å². The monoisotopic (exact) mass is 182 g/mol. The summed E-state index contributed by atoms with van der Waals surface area (Å²) in [6.45, 7) is 8.39. The summed E-state index contributed by atoms with van der Waals surface area (Å²) in [5, 5.41) is 0. The number of hydrogen-bond acceptors (Lipinski definition) is 2.